The number of hydrogen-bond donors (Lipinski definition) is 1. The second-order valence-corrected chi connectivity index (χ2v) is 7.90. The monoisotopic (exact) mass is 397 g/mol. The molecule has 6 heteroatoms. The van der Waals surface area contributed by atoms with E-state index >= 15 is 0 Å². The van der Waals surface area contributed by atoms with Crippen LogP contribution in [0.4, 0.5) is 0 Å². The Morgan fingerprint density at radius 2 is 1.79 bits per heavy atom. The van der Waals surface area contributed by atoms with Crippen LogP contribution in [-0.4, -0.2) is 33.8 Å². The molecule has 0 saturated heterocycles. The summed E-state index contributed by atoms with van der Waals surface area (Å²) in [6.07, 6.45) is 6.05. The van der Waals surface area contributed by atoms with E-state index in [1.165, 1.54) is 12.8 Å². The van der Waals surface area contributed by atoms with E-state index in [0.717, 1.165) is 48.3 Å². The molecule has 1 aromatic heterocycles. The van der Waals surface area contributed by atoms with Crippen molar-refractivity contribution in [3.05, 3.63) is 47.3 Å². The summed E-state index contributed by atoms with van der Waals surface area (Å²) in [5, 5.41) is 7.61. The Hall–Kier alpha value is -2.63. The number of carbonyl (C=O) groups excluding carboxylic acids is 2. The fourth-order valence-corrected chi connectivity index (χ4v) is 3.93. The lowest BCUT2D eigenvalue weighted by atomic mass is 10.1. The van der Waals surface area contributed by atoms with Gasteiger partial charge in [-0.25, -0.2) is 4.68 Å². The van der Waals surface area contributed by atoms with Crippen molar-refractivity contribution in [3.8, 4) is 5.69 Å². The molecule has 3 rings (SSSR count). The van der Waals surface area contributed by atoms with Crippen molar-refractivity contribution in [1.29, 1.82) is 0 Å². The van der Waals surface area contributed by atoms with E-state index in [1.54, 1.807) is 6.92 Å². The number of ether oxygens (including phenoxy) is 1. The molecule has 1 fully saturated rings. The van der Waals surface area contributed by atoms with E-state index in [9.17, 15) is 9.59 Å². The first-order valence-corrected chi connectivity index (χ1v) is 10.6. The molecule has 6 nitrogen and oxygen atoms in total. The number of aryl methyl sites for hydroxylation is 1. The van der Waals surface area contributed by atoms with Crippen LogP contribution in [0.2, 0.25) is 0 Å². The number of amides is 1. The summed E-state index contributed by atoms with van der Waals surface area (Å²) < 4.78 is 7.26. The molecule has 0 aliphatic heterocycles. The molecular weight excluding hydrogens is 366 g/mol. The van der Waals surface area contributed by atoms with Crippen LogP contribution in [0, 0.1) is 13.8 Å². The van der Waals surface area contributed by atoms with E-state index in [2.05, 4.69) is 10.4 Å². The van der Waals surface area contributed by atoms with Crippen molar-refractivity contribution < 1.29 is 14.3 Å². The van der Waals surface area contributed by atoms with Crippen molar-refractivity contribution in [2.75, 3.05) is 0 Å². The van der Waals surface area contributed by atoms with Gasteiger partial charge in [0.25, 0.3) is 5.91 Å². The quantitative estimate of drug-likeness (QED) is 0.594. The summed E-state index contributed by atoms with van der Waals surface area (Å²) in [5.74, 6) is -0.619. The Morgan fingerprint density at radius 1 is 1.14 bits per heavy atom. The van der Waals surface area contributed by atoms with Crippen LogP contribution in [0.1, 0.15) is 62.4 Å². The van der Waals surface area contributed by atoms with Gasteiger partial charge in [0.2, 0.25) is 0 Å². The predicted molar refractivity (Wildman–Crippen MR) is 112 cm³/mol. The number of rotatable bonds is 6. The summed E-state index contributed by atoms with van der Waals surface area (Å²) in [6, 6.07) is 10.0. The van der Waals surface area contributed by atoms with Gasteiger partial charge in [0.15, 0.2) is 6.10 Å². The number of carbonyl (C=O) groups is 2. The van der Waals surface area contributed by atoms with Gasteiger partial charge < -0.3 is 10.1 Å². The van der Waals surface area contributed by atoms with Crippen molar-refractivity contribution >= 4 is 11.9 Å². The van der Waals surface area contributed by atoms with Crippen molar-refractivity contribution in [2.45, 2.75) is 77.9 Å². The summed E-state index contributed by atoms with van der Waals surface area (Å²) in [5.41, 5.74) is 3.49. The number of benzene rings is 1. The average Bonchev–Trinajstić information content (AvgIpc) is 2.88. The molecular formula is C23H31N3O3. The van der Waals surface area contributed by atoms with Crippen molar-refractivity contribution in [2.24, 2.45) is 0 Å². The summed E-state index contributed by atoms with van der Waals surface area (Å²) >= 11 is 0. The number of esters is 1. The Balaban J connectivity index is 1.59. The van der Waals surface area contributed by atoms with Crippen LogP contribution in [0.15, 0.2) is 30.3 Å². The Labute approximate surface area is 172 Å². The number of nitrogens with zero attached hydrogens (tertiary/aromatic N) is 2. The van der Waals surface area contributed by atoms with E-state index in [-0.39, 0.29) is 18.4 Å². The van der Waals surface area contributed by atoms with Gasteiger partial charge in [-0.3, -0.25) is 9.59 Å². The maximum absolute atomic E-state index is 12.5. The highest BCUT2D eigenvalue weighted by Crippen LogP contribution is 2.20. The average molecular weight is 398 g/mol. The van der Waals surface area contributed by atoms with E-state index in [1.807, 2.05) is 48.9 Å². The lowest BCUT2D eigenvalue weighted by Crippen LogP contribution is -2.42. The van der Waals surface area contributed by atoms with Gasteiger partial charge in [-0.2, -0.15) is 5.10 Å². The van der Waals surface area contributed by atoms with E-state index < -0.39 is 12.1 Å². The topological polar surface area (TPSA) is 73.2 Å². The first-order chi connectivity index (χ1) is 14.0. The third-order valence-corrected chi connectivity index (χ3v) is 5.64. The zero-order valence-corrected chi connectivity index (χ0v) is 17.6. The van der Waals surface area contributed by atoms with Crippen LogP contribution < -0.4 is 5.32 Å². The Kier molecular flexibility index (Phi) is 7.07. The molecule has 1 amide bonds. The molecule has 0 unspecified atom stereocenters. The minimum atomic E-state index is -0.796. The van der Waals surface area contributed by atoms with Crippen LogP contribution in [-0.2, 0) is 20.7 Å². The fraction of sp³-hybridized carbons (Fsp3) is 0.522. The molecule has 1 atom stereocenters. The minimum absolute atomic E-state index is 0.103. The third kappa shape index (κ3) is 5.46. The molecule has 1 heterocycles. The molecule has 1 aliphatic carbocycles. The van der Waals surface area contributed by atoms with Crippen LogP contribution in [0.3, 0.4) is 0 Å². The number of nitrogens with one attached hydrogen (secondary N) is 1. The Morgan fingerprint density at radius 3 is 2.45 bits per heavy atom. The first kappa shape index (κ1) is 21.1. The molecule has 1 saturated carbocycles. The molecule has 156 valence electrons. The highest BCUT2D eigenvalue weighted by atomic mass is 16.5. The highest BCUT2D eigenvalue weighted by Gasteiger charge is 2.23. The molecule has 2 aromatic rings. The molecule has 0 spiro atoms. The maximum atomic E-state index is 12.5. The van der Waals surface area contributed by atoms with Gasteiger partial charge in [-0.1, -0.05) is 43.9 Å². The second-order valence-electron chi connectivity index (χ2n) is 7.90. The van der Waals surface area contributed by atoms with Gasteiger partial charge >= 0.3 is 5.97 Å². The summed E-state index contributed by atoms with van der Waals surface area (Å²) in [4.78, 5) is 24.9. The van der Waals surface area contributed by atoms with Gasteiger partial charge in [-0.15, -0.1) is 0 Å². The third-order valence-electron chi connectivity index (χ3n) is 5.64. The van der Waals surface area contributed by atoms with Crippen molar-refractivity contribution in [3.63, 3.8) is 0 Å². The molecule has 1 N–H and O–H groups in total. The standard InChI is InChI=1S/C23H31N3O3/c1-16-21(17(2)26(25-16)20-13-9-6-10-14-20)15-22(27)29-18(3)23(28)24-19-11-7-4-5-8-12-19/h6,9-10,13-14,18-19H,4-5,7-8,11-12,15H2,1-3H3,(H,24,28)/t18-/m1/s1. The SMILES string of the molecule is Cc1nn(-c2ccccc2)c(C)c1CC(=O)O[C@H](C)C(=O)NC1CCCCCC1. The molecule has 29 heavy (non-hydrogen) atoms. The molecule has 0 bridgehead atoms. The lowest BCUT2D eigenvalue weighted by Gasteiger charge is -2.19. The fourth-order valence-electron chi connectivity index (χ4n) is 3.93. The normalized spacial score (nSPS) is 16.1. The maximum Gasteiger partial charge on any atom is 0.311 e. The van der Waals surface area contributed by atoms with E-state index in [0.29, 0.717) is 0 Å². The largest absolute Gasteiger partial charge is 0.452 e. The predicted octanol–water partition coefficient (Wildman–Crippen LogP) is 3.80. The summed E-state index contributed by atoms with van der Waals surface area (Å²) in [7, 11) is 0. The van der Waals surface area contributed by atoms with Crippen LogP contribution in [0.5, 0.6) is 0 Å². The molecule has 1 aliphatic rings. The molecule has 1 aromatic carbocycles. The van der Waals surface area contributed by atoms with E-state index in [4.69, 9.17) is 4.74 Å². The van der Waals surface area contributed by atoms with Gasteiger partial charge in [0, 0.05) is 17.3 Å². The first-order valence-electron chi connectivity index (χ1n) is 10.6. The Bertz CT molecular complexity index is 837. The lowest BCUT2D eigenvalue weighted by molar-refractivity contribution is -0.154. The van der Waals surface area contributed by atoms with Gasteiger partial charge in [-0.05, 0) is 45.7 Å². The molecule has 0 radical (unpaired) electrons. The van der Waals surface area contributed by atoms with Gasteiger partial charge in [0.05, 0.1) is 17.8 Å². The van der Waals surface area contributed by atoms with Crippen LogP contribution >= 0.6 is 0 Å². The van der Waals surface area contributed by atoms with Crippen molar-refractivity contribution in [1.82, 2.24) is 15.1 Å². The minimum Gasteiger partial charge on any atom is -0.452 e. The highest BCUT2D eigenvalue weighted by molar-refractivity contribution is 5.84. The number of hydrogen-bond acceptors (Lipinski definition) is 4. The smallest absolute Gasteiger partial charge is 0.311 e. The second kappa shape index (κ2) is 9.72. The summed E-state index contributed by atoms with van der Waals surface area (Å²) in [6.45, 7) is 5.46. The number of aromatic nitrogens is 2. The zero-order valence-electron chi connectivity index (χ0n) is 17.6. The van der Waals surface area contributed by atoms with Crippen LogP contribution in [0.25, 0.3) is 5.69 Å². The van der Waals surface area contributed by atoms with Gasteiger partial charge in [0.1, 0.15) is 0 Å². The number of para-hydroxylation sites is 1. The zero-order chi connectivity index (χ0) is 20.8.